The van der Waals surface area contributed by atoms with Crippen molar-refractivity contribution < 1.29 is 9.13 Å². The van der Waals surface area contributed by atoms with Crippen LogP contribution in [0.1, 0.15) is 5.82 Å². The summed E-state index contributed by atoms with van der Waals surface area (Å²) in [6, 6.07) is 4.71. The number of methoxy groups -OCH3 is 1. The van der Waals surface area contributed by atoms with Crippen molar-refractivity contribution in [1.29, 1.82) is 0 Å². The first-order valence-electron chi connectivity index (χ1n) is 5.59. The summed E-state index contributed by atoms with van der Waals surface area (Å²) in [7, 11) is 1.62. The van der Waals surface area contributed by atoms with E-state index in [4.69, 9.17) is 16.3 Å². The Labute approximate surface area is 123 Å². The van der Waals surface area contributed by atoms with E-state index in [2.05, 4.69) is 26.1 Å². The molecule has 0 spiro atoms. The number of hydrogen-bond donors (Lipinski definition) is 0. The molecule has 1 aromatic carbocycles. The third kappa shape index (κ3) is 3.13. The van der Waals surface area contributed by atoms with Crippen LogP contribution in [0.25, 0.3) is 11.4 Å². The van der Waals surface area contributed by atoms with Crippen LogP contribution in [0, 0.1) is 5.82 Å². The van der Waals surface area contributed by atoms with Gasteiger partial charge in [-0.25, -0.2) is 4.39 Å². The van der Waals surface area contributed by atoms with Gasteiger partial charge in [-0.3, -0.25) is 0 Å². The van der Waals surface area contributed by atoms with Crippen molar-refractivity contribution in [2.75, 3.05) is 13.7 Å². The lowest BCUT2D eigenvalue weighted by molar-refractivity contribution is 0.187. The van der Waals surface area contributed by atoms with Gasteiger partial charge in [0, 0.05) is 19.2 Å². The normalized spacial score (nSPS) is 10.9. The molecule has 102 valence electrons. The van der Waals surface area contributed by atoms with Gasteiger partial charge in [0.15, 0.2) is 5.82 Å². The summed E-state index contributed by atoms with van der Waals surface area (Å²) in [5.74, 6) is 1.26. The molecule has 0 N–H and O–H groups in total. The van der Waals surface area contributed by atoms with Crippen LogP contribution in [0.15, 0.2) is 22.7 Å². The molecule has 1 heterocycles. The first-order chi connectivity index (χ1) is 9.17. The lowest BCUT2D eigenvalue weighted by Crippen LogP contribution is -2.09. The van der Waals surface area contributed by atoms with E-state index in [0.29, 0.717) is 29.3 Å². The SMILES string of the molecule is COCCn1c(CCl)nnc1-c1ccc(F)c(Br)c1. The molecule has 0 unspecified atom stereocenters. The fraction of sp³-hybridized carbons (Fsp3) is 0.333. The fourth-order valence-corrected chi connectivity index (χ4v) is 2.28. The van der Waals surface area contributed by atoms with Gasteiger partial charge >= 0.3 is 0 Å². The van der Waals surface area contributed by atoms with Crippen LogP contribution in [0.4, 0.5) is 4.39 Å². The Kier molecular flexibility index (Phi) is 4.90. The van der Waals surface area contributed by atoms with Crippen molar-refractivity contribution in [2.24, 2.45) is 0 Å². The molecule has 0 saturated carbocycles. The van der Waals surface area contributed by atoms with E-state index < -0.39 is 0 Å². The number of rotatable bonds is 5. The molecule has 0 radical (unpaired) electrons. The van der Waals surface area contributed by atoms with E-state index in [1.807, 2.05) is 4.57 Å². The molecule has 7 heteroatoms. The summed E-state index contributed by atoms with van der Waals surface area (Å²) >= 11 is 9.00. The van der Waals surface area contributed by atoms with Gasteiger partial charge in [0.05, 0.1) is 17.0 Å². The Morgan fingerprint density at radius 2 is 2.21 bits per heavy atom. The largest absolute Gasteiger partial charge is 0.383 e. The zero-order valence-corrected chi connectivity index (χ0v) is 12.6. The monoisotopic (exact) mass is 347 g/mol. The standard InChI is InChI=1S/C12H12BrClFN3O/c1-19-5-4-18-11(7-14)16-17-12(18)8-2-3-10(15)9(13)6-8/h2-3,6H,4-5,7H2,1H3. The predicted molar refractivity (Wildman–Crippen MR) is 74.5 cm³/mol. The van der Waals surface area contributed by atoms with Crippen molar-refractivity contribution in [3.63, 3.8) is 0 Å². The summed E-state index contributed by atoms with van der Waals surface area (Å²) in [5, 5.41) is 8.14. The quantitative estimate of drug-likeness (QED) is 0.779. The number of benzene rings is 1. The van der Waals surface area contributed by atoms with Gasteiger partial charge in [0.1, 0.15) is 11.6 Å². The van der Waals surface area contributed by atoms with Gasteiger partial charge in [0.2, 0.25) is 0 Å². The Bertz CT molecular complexity index is 576. The second kappa shape index (κ2) is 6.45. The highest BCUT2D eigenvalue weighted by Gasteiger charge is 2.14. The van der Waals surface area contributed by atoms with Crippen molar-refractivity contribution >= 4 is 27.5 Å². The molecule has 19 heavy (non-hydrogen) atoms. The molecule has 0 atom stereocenters. The number of alkyl halides is 1. The summed E-state index contributed by atoms with van der Waals surface area (Å²) in [5.41, 5.74) is 0.772. The molecule has 2 rings (SSSR count). The van der Waals surface area contributed by atoms with Crippen LogP contribution in [-0.2, 0) is 17.2 Å². The molecule has 2 aromatic rings. The molecule has 0 saturated heterocycles. The van der Waals surface area contributed by atoms with Crippen molar-refractivity contribution in [2.45, 2.75) is 12.4 Å². The third-order valence-electron chi connectivity index (χ3n) is 2.64. The highest BCUT2D eigenvalue weighted by molar-refractivity contribution is 9.10. The highest BCUT2D eigenvalue weighted by atomic mass is 79.9. The van der Waals surface area contributed by atoms with Crippen molar-refractivity contribution in [3.05, 3.63) is 34.3 Å². The zero-order chi connectivity index (χ0) is 13.8. The fourth-order valence-electron chi connectivity index (χ4n) is 1.70. The Morgan fingerprint density at radius 3 is 2.84 bits per heavy atom. The van der Waals surface area contributed by atoms with E-state index in [1.165, 1.54) is 6.07 Å². The minimum atomic E-state index is -0.315. The molecule has 4 nitrogen and oxygen atoms in total. The molecule has 1 aromatic heterocycles. The van der Waals surface area contributed by atoms with E-state index >= 15 is 0 Å². The van der Waals surface area contributed by atoms with Crippen LogP contribution in [-0.4, -0.2) is 28.5 Å². The molecular formula is C12H12BrClFN3O. The lowest BCUT2D eigenvalue weighted by atomic mass is 10.2. The molecule has 0 aliphatic rings. The van der Waals surface area contributed by atoms with Crippen molar-refractivity contribution in [1.82, 2.24) is 14.8 Å². The average molecular weight is 349 g/mol. The number of ether oxygens (including phenoxy) is 1. The number of halogens is 3. The Morgan fingerprint density at radius 1 is 1.42 bits per heavy atom. The second-order valence-corrected chi connectivity index (χ2v) is 4.97. The number of aromatic nitrogens is 3. The maximum Gasteiger partial charge on any atom is 0.164 e. The summed E-state index contributed by atoms with van der Waals surface area (Å²) < 4.78 is 20.6. The first kappa shape index (κ1) is 14.4. The minimum absolute atomic E-state index is 0.263. The van der Waals surface area contributed by atoms with E-state index in [-0.39, 0.29) is 11.7 Å². The van der Waals surface area contributed by atoms with Gasteiger partial charge in [0.25, 0.3) is 0 Å². The van der Waals surface area contributed by atoms with E-state index in [1.54, 1.807) is 19.2 Å². The van der Waals surface area contributed by atoms with Crippen LogP contribution in [0.3, 0.4) is 0 Å². The molecule has 0 fully saturated rings. The van der Waals surface area contributed by atoms with E-state index in [9.17, 15) is 4.39 Å². The van der Waals surface area contributed by atoms with Crippen molar-refractivity contribution in [3.8, 4) is 11.4 Å². The van der Waals surface area contributed by atoms with Crippen LogP contribution in [0.5, 0.6) is 0 Å². The maximum atomic E-state index is 13.3. The first-order valence-corrected chi connectivity index (χ1v) is 6.92. The van der Waals surface area contributed by atoms with Gasteiger partial charge in [-0.2, -0.15) is 0 Å². The summed E-state index contributed by atoms with van der Waals surface area (Å²) in [6.45, 7) is 1.12. The number of nitrogens with zero attached hydrogens (tertiary/aromatic N) is 3. The minimum Gasteiger partial charge on any atom is -0.383 e. The zero-order valence-electron chi connectivity index (χ0n) is 10.2. The Balaban J connectivity index is 2.42. The van der Waals surface area contributed by atoms with Crippen LogP contribution < -0.4 is 0 Å². The molecule has 0 bridgehead atoms. The molecule has 0 amide bonds. The van der Waals surface area contributed by atoms with Crippen LogP contribution in [0.2, 0.25) is 0 Å². The second-order valence-electron chi connectivity index (χ2n) is 3.85. The summed E-state index contributed by atoms with van der Waals surface area (Å²) in [4.78, 5) is 0. The van der Waals surface area contributed by atoms with E-state index in [0.717, 1.165) is 5.56 Å². The molecule has 0 aliphatic carbocycles. The van der Waals surface area contributed by atoms with Gasteiger partial charge in [-0.1, -0.05) is 0 Å². The number of hydrogen-bond acceptors (Lipinski definition) is 3. The maximum absolute atomic E-state index is 13.3. The van der Waals surface area contributed by atoms with Crippen LogP contribution >= 0.6 is 27.5 Å². The third-order valence-corrected chi connectivity index (χ3v) is 3.49. The predicted octanol–water partition coefficient (Wildman–Crippen LogP) is 3.23. The smallest absolute Gasteiger partial charge is 0.164 e. The van der Waals surface area contributed by atoms with Gasteiger partial charge < -0.3 is 9.30 Å². The topological polar surface area (TPSA) is 39.9 Å². The average Bonchev–Trinajstić information content (AvgIpc) is 2.82. The van der Waals surface area contributed by atoms with Gasteiger partial charge in [-0.15, -0.1) is 21.8 Å². The van der Waals surface area contributed by atoms with Gasteiger partial charge in [-0.05, 0) is 34.1 Å². The Hall–Kier alpha value is -0.980. The summed E-state index contributed by atoms with van der Waals surface area (Å²) in [6.07, 6.45) is 0. The molecular weight excluding hydrogens is 337 g/mol. The lowest BCUT2D eigenvalue weighted by Gasteiger charge is -2.09. The highest BCUT2D eigenvalue weighted by Crippen LogP contribution is 2.24. The molecule has 0 aliphatic heterocycles.